The molecular weight excluding hydrogens is 346 g/mol. The van der Waals surface area contributed by atoms with Gasteiger partial charge < -0.3 is 16.4 Å². The maximum absolute atomic E-state index is 6.15. The van der Waals surface area contributed by atoms with Gasteiger partial charge in [0.25, 0.3) is 0 Å². The molecule has 4 N–H and O–H groups in total. The van der Waals surface area contributed by atoms with Crippen LogP contribution in [0.3, 0.4) is 0 Å². The molecule has 0 spiro atoms. The lowest BCUT2D eigenvalue weighted by Crippen LogP contribution is -2.21. The average molecular weight is 366 g/mol. The summed E-state index contributed by atoms with van der Waals surface area (Å²) in [6, 6.07) is 12.7. The van der Waals surface area contributed by atoms with Gasteiger partial charge in [0.15, 0.2) is 0 Å². The van der Waals surface area contributed by atoms with Gasteiger partial charge >= 0.3 is 0 Å². The predicted octanol–water partition coefficient (Wildman–Crippen LogP) is 3.83. The van der Waals surface area contributed by atoms with Gasteiger partial charge in [-0.25, -0.2) is 4.98 Å². The van der Waals surface area contributed by atoms with Crippen molar-refractivity contribution in [2.45, 2.75) is 19.9 Å². The highest BCUT2D eigenvalue weighted by atomic mass is 35.5. The summed E-state index contributed by atoms with van der Waals surface area (Å²) in [5, 5.41) is 0.796. The normalized spacial score (nSPS) is 13.1. The van der Waals surface area contributed by atoms with Crippen molar-refractivity contribution in [3.05, 3.63) is 64.3 Å². The molecule has 26 heavy (non-hydrogen) atoms. The Kier molecular flexibility index (Phi) is 4.17. The maximum Gasteiger partial charge on any atom is 0.221 e. The van der Waals surface area contributed by atoms with Crippen LogP contribution in [0.1, 0.15) is 16.7 Å². The molecule has 0 bridgehead atoms. The fraction of sp³-hybridized carbons (Fsp3) is 0.200. The highest BCUT2D eigenvalue weighted by Crippen LogP contribution is 2.34. The van der Waals surface area contributed by atoms with Crippen LogP contribution in [-0.2, 0) is 13.0 Å². The number of nitrogen functional groups attached to an aromatic ring is 2. The van der Waals surface area contributed by atoms with Crippen molar-refractivity contribution < 1.29 is 0 Å². The summed E-state index contributed by atoms with van der Waals surface area (Å²) in [5.41, 5.74) is 18.5. The Bertz CT molecular complexity index is 986. The van der Waals surface area contributed by atoms with Crippen molar-refractivity contribution in [2.24, 2.45) is 0 Å². The second-order valence-corrected chi connectivity index (χ2v) is 7.02. The number of aryl methyl sites for hydroxylation is 1. The van der Waals surface area contributed by atoms with Gasteiger partial charge in [0, 0.05) is 35.6 Å². The molecule has 6 heteroatoms. The van der Waals surface area contributed by atoms with Crippen molar-refractivity contribution in [2.75, 3.05) is 22.9 Å². The molecule has 2 heterocycles. The lowest BCUT2D eigenvalue weighted by molar-refractivity contribution is 0.830. The van der Waals surface area contributed by atoms with Gasteiger partial charge in [-0.05, 0) is 59.9 Å². The molecule has 0 saturated carbocycles. The van der Waals surface area contributed by atoms with E-state index in [1.807, 2.05) is 13.0 Å². The lowest BCUT2D eigenvalue weighted by Gasteiger charge is -2.20. The van der Waals surface area contributed by atoms with Crippen LogP contribution in [-0.4, -0.2) is 16.5 Å². The number of benzene rings is 2. The van der Waals surface area contributed by atoms with Gasteiger partial charge in [-0.3, -0.25) is 0 Å². The van der Waals surface area contributed by atoms with Gasteiger partial charge in [-0.15, -0.1) is 0 Å². The van der Waals surface area contributed by atoms with Crippen LogP contribution in [0, 0.1) is 6.92 Å². The van der Waals surface area contributed by atoms with E-state index < -0.39 is 0 Å². The number of nitrogens with two attached hydrogens (primary N) is 2. The molecule has 1 aliphatic rings. The number of anilines is 3. The van der Waals surface area contributed by atoms with E-state index in [0.29, 0.717) is 12.4 Å². The first-order chi connectivity index (χ1) is 12.5. The van der Waals surface area contributed by atoms with Crippen molar-refractivity contribution in [3.63, 3.8) is 0 Å². The Labute approximate surface area is 157 Å². The van der Waals surface area contributed by atoms with Crippen LogP contribution < -0.4 is 16.4 Å². The van der Waals surface area contributed by atoms with Gasteiger partial charge in [-0.1, -0.05) is 23.7 Å². The fourth-order valence-corrected chi connectivity index (χ4v) is 3.52. The number of hydrogen-bond donors (Lipinski definition) is 2. The van der Waals surface area contributed by atoms with Gasteiger partial charge in [0.2, 0.25) is 5.95 Å². The Hall–Kier alpha value is -2.79. The molecule has 0 fully saturated rings. The van der Waals surface area contributed by atoms with Crippen LogP contribution in [0.2, 0.25) is 5.02 Å². The molecule has 0 amide bonds. The molecule has 0 unspecified atom stereocenters. The fourth-order valence-electron chi connectivity index (χ4n) is 3.40. The number of fused-ring (bicyclic) bond motifs is 1. The van der Waals surface area contributed by atoms with Crippen molar-refractivity contribution >= 4 is 29.1 Å². The van der Waals surface area contributed by atoms with Gasteiger partial charge in [0.05, 0.1) is 0 Å². The van der Waals surface area contributed by atoms with Crippen molar-refractivity contribution in [1.29, 1.82) is 0 Å². The molecule has 0 aliphatic carbocycles. The molecule has 0 radical (unpaired) electrons. The Morgan fingerprint density at radius 3 is 2.65 bits per heavy atom. The van der Waals surface area contributed by atoms with Crippen molar-refractivity contribution in [1.82, 2.24) is 9.97 Å². The third-order valence-electron chi connectivity index (χ3n) is 4.84. The third kappa shape index (κ3) is 3.06. The second kappa shape index (κ2) is 6.50. The average Bonchev–Trinajstić information content (AvgIpc) is 3.02. The smallest absolute Gasteiger partial charge is 0.221 e. The van der Waals surface area contributed by atoms with Crippen LogP contribution >= 0.6 is 11.6 Å². The van der Waals surface area contributed by atoms with E-state index in [9.17, 15) is 0 Å². The van der Waals surface area contributed by atoms with Gasteiger partial charge in [0.1, 0.15) is 5.82 Å². The van der Waals surface area contributed by atoms with Crippen LogP contribution in [0.4, 0.5) is 17.5 Å². The van der Waals surface area contributed by atoms with E-state index in [-0.39, 0.29) is 5.95 Å². The minimum Gasteiger partial charge on any atom is -0.383 e. The summed E-state index contributed by atoms with van der Waals surface area (Å²) in [5.74, 6) is 0.648. The maximum atomic E-state index is 6.15. The Morgan fingerprint density at radius 2 is 1.88 bits per heavy atom. The molecule has 4 rings (SSSR count). The van der Waals surface area contributed by atoms with Crippen LogP contribution in [0.25, 0.3) is 11.1 Å². The SMILES string of the molecule is Cc1cc(-c2ccc3c(c2)CCN3Cc2cnc(N)nc2N)ccc1Cl. The number of rotatable bonds is 3. The van der Waals surface area contributed by atoms with E-state index in [4.69, 9.17) is 23.1 Å². The van der Waals surface area contributed by atoms with E-state index in [1.54, 1.807) is 6.20 Å². The Balaban J connectivity index is 1.61. The first kappa shape index (κ1) is 16.7. The van der Waals surface area contributed by atoms with Crippen LogP contribution in [0.15, 0.2) is 42.6 Å². The minimum atomic E-state index is 0.205. The zero-order valence-corrected chi connectivity index (χ0v) is 15.3. The molecule has 1 aliphatic heterocycles. The molecule has 2 aromatic carbocycles. The summed E-state index contributed by atoms with van der Waals surface area (Å²) in [6.45, 7) is 3.65. The highest BCUT2D eigenvalue weighted by molar-refractivity contribution is 6.31. The summed E-state index contributed by atoms with van der Waals surface area (Å²) in [6.07, 6.45) is 2.71. The summed E-state index contributed by atoms with van der Waals surface area (Å²) >= 11 is 6.15. The second-order valence-electron chi connectivity index (χ2n) is 6.62. The lowest BCUT2D eigenvalue weighted by atomic mass is 10.0. The molecule has 5 nitrogen and oxygen atoms in total. The number of hydrogen-bond acceptors (Lipinski definition) is 5. The highest BCUT2D eigenvalue weighted by Gasteiger charge is 2.21. The van der Waals surface area contributed by atoms with Crippen molar-refractivity contribution in [3.8, 4) is 11.1 Å². The third-order valence-corrected chi connectivity index (χ3v) is 5.26. The standard InChI is InChI=1S/C20H20ClN5/c1-12-8-13(2-4-17(12)21)14-3-5-18-15(9-14)6-7-26(18)11-16-10-24-20(23)25-19(16)22/h2-5,8-10H,6-7,11H2,1H3,(H4,22,23,24,25). The summed E-state index contributed by atoms with van der Waals surface area (Å²) < 4.78 is 0. The molecule has 132 valence electrons. The zero-order chi connectivity index (χ0) is 18.3. The largest absolute Gasteiger partial charge is 0.383 e. The molecule has 1 aromatic heterocycles. The number of halogens is 1. The first-order valence-corrected chi connectivity index (χ1v) is 8.90. The number of nitrogens with zero attached hydrogens (tertiary/aromatic N) is 3. The zero-order valence-electron chi connectivity index (χ0n) is 14.5. The molecule has 0 saturated heterocycles. The quantitative estimate of drug-likeness (QED) is 0.737. The van der Waals surface area contributed by atoms with E-state index in [2.05, 4.69) is 45.2 Å². The Morgan fingerprint density at radius 1 is 1.12 bits per heavy atom. The first-order valence-electron chi connectivity index (χ1n) is 8.52. The topological polar surface area (TPSA) is 81.1 Å². The number of aromatic nitrogens is 2. The molecule has 0 atom stereocenters. The minimum absolute atomic E-state index is 0.205. The molecule has 3 aromatic rings. The molecular formula is C20H20ClN5. The summed E-state index contributed by atoms with van der Waals surface area (Å²) in [7, 11) is 0. The van der Waals surface area contributed by atoms with Crippen LogP contribution in [0.5, 0.6) is 0 Å². The summed E-state index contributed by atoms with van der Waals surface area (Å²) in [4.78, 5) is 10.4. The van der Waals surface area contributed by atoms with E-state index in [0.717, 1.165) is 29.1 Å². The van der Waals surface area contributed by atoms with E-state index >= 15 is 0 Å². The monoisotopic (exact) mass is 365 g/mol. The van der Waals surface area contributed by atoms with Gasteiger partial charge in [-0.2, -0.15) is 4.98 Å². The predicted molar refractivity (Wildman–Crippen MR) is 107 cm³/mol. The van der Waals surface area contributed by atoms with E-state index in [1.165, 1.54) is 22.4 Å².